The van der Waals surface area contributed by atoms with Gasteiger partial charge in [0.1, 0.15) is 11.6 Å². The highest BCUT2D eigenvalue weighted by Gasteiger charge is 2.27. The summed E-state index contributed by atoms with van der Waals surface area (Å²) in [6, 6.07) is 9.78. The molecule has 0 saturated carbocycles. The standard InChI is InChI=1S/C16H25NO2/c1-12(2)14(15(18)19-16(3,4)5)17-11-13-9-7-6-8-10-13/h6-10,12,14,17H,11H2,1-5H3/t14-/m0/s1. The maximum Gasteiger partial charge on any atom is 0.323 e. The number of benzene rings is 1. The van der Waals surface area contributed by atoms with E-state index in [0.29, 0.717) is 6.54 Å². The van der Waals surface area contributed by atoms with Crippen LogP contribution in [0.25, 0.3) is 0 Å². The van der Waals surface area contributed by atoms with Crippen LogP contribution in [-0.2, 0) is 16.1 Å². The third kappa shape index (κ3) is 5.88. The van der Waals surface area contributed by atoms with E-state index >= 15 is 0 Å². The van der Waals surface area contributed by atoms with Gasteiger partial charge in [0, 0.05) is 6.54 Å². The molecule has 0 spiro atoms. The highest BCUT2D eigenvalue weighted by Crippen LogP contribution is 2.13. The van der Waals surface area contributed by atoms with E-state index in [1.165, 1.54) is 0 Å². The third-order valence-electron chi connectivity index (χ3n) is 2.70. The largest absolute Gasteiger partial charge is 0.459 e. The summed E-state index contributed by atoms with van der Waals surface area (Å²) in [5, 5.41) is 3.28. The fourth-order valence-corrected chi connectivity index (χ4v) is 1.78. The van der Waals surface area contributed by atoms with E-state index in [2.05, 4.69) is 5.32 Å². The minimum atomic E-state index is -0.446. The molecule has 0 fully saturated rings. The number of nitrogens with one attached hydrogen (secondary N) is 1. The zero-order chi connectivity index (χ0) is 14.5. The van der Waals surface area contributed by atoms with E-state index in [1.54, 1.807) is 0 Å². The number of rotatable bonds is 5. The number of ether oxygens (including phenoxy) is 1. The lowest BCUT2D eigenvalue weighted by Crippen LogP contribution is -2.44. The molecule has 1 aromatic rings. The minimum Gasteiger partial charge on any atom is -0.459 e. The minimum absolute atomic E-state index is 0.182. The van der Waals surface area contributed by atoms with Gasteiger partial charge in [-0.2, -0.15) is 0 Å². The summed E-state index contributed by atoms with van der Waals surface area (Å²) in [5.74, 6) is 0.0111. The van der Waals surface area contributed by atoms with Gasteiger partial charge in [0.25, 0.3) is 0 Å². The highest BCUT2D eigenvalue weighted by molar-refractivity contribution is 5.76. The molecule has 0 aliphatic rings. The molecule has 0 heterocycles. The molecule has 1 aromatic carbocycles. The number of carbonyl (C=O) groups excluding carboxylic acids is 1. The average Bonchev–Trinajstić information content (AvgIpc) is 2.27. The first kappa shape index (κ1) is 15.7. The van der Waals surface area contributed by atoms with E-state index in [0.717, 1.165) is 5.56 Å². The second-order valence-corrected chi connectivity index (χ2v) is 6.12. The Morgan fingerprint density at radius 2 is 1.79 bits per heavy atom. The van der Waals surface area contributed by atoms with Crippen molar-refractivity contribution in [1.82, 2.24) is 5.32 Å². The summed E-state index contributed by atoms with van der Waals surface area (Å²) in [6.45, 7) is 10.4. The number of carbonyl (C=O) groups is 1. The molecule has 1 atom stereocenters. The van der Waals surface area contributed by atoms with E-state index in [1.807, 2.05) is 65.0 Å². The molecule has 0 unspecified atom stereocenters. The Labute approximate surface area is 116 Å². The molecule has 1 N–H and O–H groups in total. The van der Waals surface area contributed by atoms with Gasteiger partial charge in [0.05, 0.1) is 0 Å². The van der Waals surface area contributed by atoms with E-state index in [9.17, 15) is 4.79 Å². The lowest BCUT2D eigenvalue weighted by molar-refractivity contribution is -0.158. The van der Waals surface area contributed by atoms with Crippen LogP contribution < -0.4 is 5.32 Å². The first-order valence-electron chi connectivity index (χ1n) is 6.80. The molecule has 0 saturated heterocycles. The van der Waals surface area contributed by atoms with Gasteiger partial charge in [-0.3, -0.25) is 4.79 Å². The third-order valence-corrected chi connectivity index (χ3v) is 2.70. The Bertz CT molecular complexity index is 393. The Morgan fingerprint density at radius 3 is 2.26 bits per heavy atom. The smallest absolute Gasteiger partial charge is 0.323 e. The Hall–Kier alpha value is -1.35. The lowest BCUT2D eigenvalue weighted by Gasteiger charge is -2.26. The van der Waals surface area contributed by atoms with E-state index in [-0.39, 0.29) is 17.9 Å². The predicted molar refractivity (Wildman–Crippen MR) is 77.8 cm³/mol. The summed E-state index contributed by atoms with van der Waals surface area (Å²) in [5.41, 5.74) is 0.718. The van der Waals surface area contributed by atoms with Crippen LogP contribution in [0.15, 0.2) is 30.3 Å². The predicted octanol–water partition coefficient (Wildman–Crippen LogP) is 3.14. The molecule has 0 aliphatic carbocycles. The maximum absolute atomic E-state index is 12.1. The lowest BCUT2D eigenvalue weighted by atomic mass is 10.0. The van der Waals surface area contributed by atoms with Gasteiger partial charge in [-0.05, 0) is 32.3 Å². The van der Waals surface area contributed by atoms with Crippen molar-refractivity contribution in [2.24, 2.45) is 5.92 Å². The van der Waals surface area contributed by atoms with Gasteiger partial charge < -0.3 is 10.1 Å². The van der Waals surface area contributed by atoms with Crippen LogP contribution >= 0.6 is 0 Å². The molecule has 1 rings (SSSR count). The van der Waals surface area contributed by atoms with Gasteiger partial charge in [0.2, 0.25) is 0 Å². The fraction of sp³-hybridized carbons (Fsp3) is 0.562. The molecular formula is C16H25NO2. The SMILES string of the molecule is CC(C)[C@H](NCc1ccccc1)C(=O)OC(C)(C)C. The maximum atomic E-state index is 12.1. The highest BCUT2D eigenvalue weighted by atomic mass is 16.6. The Kier molecular flexibility index (Phi) is 5.55. The molecule has 0 bridgehead atoms. The van der Waals surface area contributed by atoms with Crippen molar-refractivity contribution in [1.29, 1.82) is 0 Å². The van der Waals surface area contributed by atoms with Crippen LogP contribution in [0.2, 0.25) is 0 Å². The molecule has 0 aromatic heterocycles. The normalized spacial score (nSPS) is 13.4. The monoisotopic (exact) mass is 263 g/mol. The average molecular weight is 263 g/mol. The van der Waals surface area contributed by atoms with Crippen molar-refractivity contribution in [2.75, 3.05) is 0 Å². The summed E-state index contributed by atoms with van der Waals surface area (Å²) < 4.78 is 5.45. The number of esters is 1. The van der Waals surface area contributed by atoms with Crippen LogP contribution in [0.3, 0.4) is 0 Å². The molecule has 3 nitrogen and oxygen atoms in total. The summed E-state index contributed by atoms with van der Waals surface area (Å²) in [4.78, 5) is 12.1. The Balaban J connectivity index is 2.61. The van der Waals surface area contributed by atoms with Crippen LogP contribution in [0.5, 0.6) is 0 Å². The summed E-state index contributed by atoms with van der Waals surface area (Å²) in [6.07, 6.45) is 0. The van der Waals surface area contributed by atoms with Crippen LogP contribution in [0.1, 0.15) is 40.2 Å². The van der Waals surface area contributed by atoms with Gasteiger partial charge in [-0.15, -0.1) is 0 Å². The Morgan fingerprint density at radius 1 is 1.21 bits per heavy atom. The molecule has 0 aliphatic heterocycles. The van der Waals surface area contributed by atoms with Crippen molar-refractivity contribution in [2.45, 2.75) is 52.8 Å². The number of hydrogen-bond donors (Lipinski definition) is 1. The first-order valence-corrected chi connectivity index (χ1v) is 6.80. The van der Waals surface area contributed by atoms with Crippen molar-refractivity contribution in [3.63, 3.8) is 0 Å². The second kappa shape index (κ2) is 6.71. The first-order chi connectivity index (χ1) is 8.79. The zero-order valence-electron chi connectivity index (χ0n) is 12.6. The van der Waals surface area contributed by atoms with Crippen molar-refractivity contribution in [3.05, 3.63) is 35.9 Å². The molecule has 0 amide bonds. The molecule has 106 valence electrons. The molecule has 0 radical (unpaired) electrons. The van der Waals surface area contributed by atoms with Gasteiger partial charge >= 0.3 is 5.97 Å². The quantitative estimate of drug-likeness (QED) is 0.829. The topological polar surface area (TPSA) is 38.3 Å². The van der Waals surface area contributed by atoms with Gasteiger partial charge in [-0.1, -0.05) is 44.2 Å². The molecular weight excluding hydrogens is 238 g/mol. The van der Waals surface area contributed by atoms with E-state index in [4.69, 9.17) is 4.74 Å². The van der Waals surface area contributed by atoms with Gasteiger partial charge in [-0.25, -0.2) is 0 Å². The van der Waals surface area contributed by atoms with Crippen molar-refractivity contribution in [3.8, 4) is 0 Å². The fourth-order valence-electron chi connectivity index (χ4n) is 1.78. The second-order valence-electron chi connectivity index (χ2n) is 6.12. The van der Waals surface area contributed by atoms with Crippen LogP contribution in [0.4, 0.5) is 0 Å². The molecule has 19 heavy (non-hydrogen) atoms. The van der Waals surface area contributed by atoms with E-state index < -0.39 is 5.60 Å². The summed E-state index contributed by atoms with van der Waals surface area (Å²) in [7, 11) is 0. The van der Waals surface area contributed by atoms with Crippen LogP contribution in [0, 0.1) is 5.92 Å². The molecule has 3 heteroatoms. The zero-order valence-corrected chi connectivity index (χ0v) is 12.6. The van der Waals surface area contributed by atoms with Crippen molar-refractivity contribution < 1.29 is 9.53 Å². The van der Waals surface area contributed by atoms with Gasteiger partial charge in [0.15, 0.2) is 0 Å². The number of hydrogen-bond acceptors (Lipinski definition) is 3. The van der Waals surface area contributed by atoms with Crippen LogP contribution in [-0.4, -0.2) is 17.6 Å². The summed E-state index contributed by atoms with van der Waals surface area (Å²) >= 11 is 0. The van der Waals surface area contributed by atoms with Crippen molar-refractivity contribution >= 4 is 5.97 Å².